The number of piperidine rings is 1. The van der Waals surface area contributed by atoms with Gasteiger partial charge in [-0.25, -0.2) is 9.97 Å². The maximum Gasteiger partial charge on any atom is 0.258 e. The van der Waals surface area contributed by atoms with E-state index in [1.54, 1.807) is 18.6 Å². The van der Waals surface area contributed by atoms with Gasteiger partial charge in [0.2, 0.25) is 0 Å². The Labute approximate surface area is 173 Å². The van der Waals surface area contributed by atoms with Crippen molar-refractivity contribution in [2.75, 3.05) is 31.1 Å². The molecule has 0 aromatic carbocycles. The minimum atomic E-state index is -1.78. The average Bonchev–Trinajstić information content (AvgIpc) is 3.48. The van der Waals surface area contributed by atoms with Crippen LogP contribution >= 0.6 is 0 Å². The summed E-state index contributed by atoms with van der Waals surface area (Å²) in [5, 5.41) is 23.7. The normalized spacial score (nSPS) is 19.3. The lowest BCUT2D eigenvalue weighted by Gasteiger charge is -2.33. The summed E-state index contributed by atoms with van der Waals surface area (Å²) in [6.45, 7) is 2.42. The van der Waals surface area contributed by atoms with Crippen LogP contribution in [-0.4, -0.2) is 80.3 Å². The lowest BCUT2D eigenvalue weighted by atomic mass is 9.96. The first-order valence-electron chi connectivity index (χ1n) is 10.2. The summed E-state index contributed by atoms with van der Waals surface area (Å²) in [7, 11) is 0. The van der Waals surface area contributed by atoms with Crippen LogP contribution in [0.3, 0.4) is 0 Å². The van der Waals surface area contributed by atoms with E-state index in [-0.39, 0.29) is 5.92 Å². The largest absolute Gasteiger partial charge is 0.380 e. The van der Waals surface area contributed by atoms with Gasteiger partial charge in [0, 0.05) is 38.6 Å². The van der Waals surface area contributed by atoms with Crippen LogP contribution in [0.1, 0.15) is 19.3 Å². The number of aliphatic hydroxyl groups excluding tert-OH is 2. The highest BCUT2D eigenvalue weighted by Crippen LogP contribution is 2.26. The number of amides is 2. The lowest BCUT2D eigenvalue weighted by molar-refractivity contribution is -0.151. The molecule has 0 bridgehead atoms. The Morgan fingerprint density at radius 1 is 1.20 bits per heavy atom. The quantitative estimate of drug-likeness (QED) is 0.512. The van der Waals surface area contributed by atoms with E-state index in [0.717, 1.165) is 42.8 Å². The molecule has 4 N–H and O–H groups in total. The molecule has 0 spiro atoms. The molecule has 1 fully saturated rings. The molecule has 1 saturated heterocycles. The van der Waals surface area contributed by atoms with Gasteiger partial charge in [-0.05, 0) is 31.2 Å². The summed E-state index contributed by atoms with van der Waals surface area (Å²) < 4.78 is 0. The van der Waals surface area contributed by atoms with Crippen LogP contribution in [0.25, 0.3) is 11.0 Å². The monoisotopic (exact) mass is 414 g/mol. The third-order valence-corrected chi connectivity index (χ3v) is 5.74. The standard InChI is InChI=1S/C20H26N6O4/c27-15(16(28)20(30)26-7-1-2-8-26)19(29)22-11-13-4-9-25(10-5-13)18-14-3-6-21-17(14)23-12-24-18/h1,3,6-7,12-13,15-16,27-28H,2,4-5,8-11H2,(H,22,29)(H,21,23,24)/t15-,16-/m1/s1. The molecule has 2 atom stereocenters. The number of aromatic nitrogens is 3. The van der Waals surface area contributed by atoms with E-state index in [9.17, 15) is 19.8 Å². The molecular weight excluding hydrogens is 388 g/mol. The molecule has 10 heteroatoms. The van der Waals surface area contributed by atoms with Gasteiger partial charge < -0.3 is 30.3 Å². The molecule has 160 valence electrons. The maximum absolute atomic E-state index is 12.2. The Bertz CT molecular complexity index is 936. The number of hydrogen-bond acceptors (Lipinski definition) is 7. The van der Waals surface area contributed by atoms with Crippen LogP contribution in [0.4, 0.5) is 5.82 Å². The fourth-order valence-corrected chi connectivity index (χ4v) is 3.93. The zero-order valence-corrected chi connectivity index (χ0v) is 16.6. The molecule has 0 radical (unpaired) electrons. The Kier molecular flexibility index (Phi) is 5.96. The second-order valence-electron chi connectivity index (χ2n) is 7.71. The van der Waals surface area contributed by atoms with Crippen molar-refractivity contribution in [2.24, 2.45) is 5.92 Å². The first kappa shape index (κ1) is 20.3. The van der Waals surface area contributed by atoms with E-state index in [1.807, 2.05) is 12.3 Å². The molecule has 4 rings (SSSR count). The third-order valence-electron chi connectivity index (χ3n) is 5.74. The van der Waals surface area contributed by atoms with Gasteiger partial charge in [0.15, 0.2) is 12.2 Å². The SMILES string of the molecule is O=C(NCC1CCN(c2ncnc3[nH]ccc23)CC1)[C@H](O)[C@@H](O)C(=O)N1C=CCC1. The topological polar surface area (TPSA) is 135 Å². The molecular formula is C20H26N6O4. The highest BCUT2D eigenvalue weighted by atomic mass is 16.3. The minimum absolute atomic E-state index is 0.246. The fraction of sp³-hybridized carbons (Fsp3) is 0.500. The predicted octanol–water partition coefficient (Wildman–Crippen LogP) is -0.242. The lowest BCUT2D eigenvalue weighted by Crippen LogP contribution is -2.50. The van der Waals surface area contributed by atoms with Gasteiger partial charge in [-0.15, -0.1) is 0 Å². The summed E-state index contributed by atoms with van der Waals surface area (Å²) in [5.74, 6) is -0.251. The van der Waals surface area contributed by atoms with Crippen molar-refractivity contribution in [3.8, 4) is 0 Å². The smallest absolute Gasteiger partial charge is 0.258 e. The molecule has 2 aliphatic heterocycles. The Balaban J connectivity index is 1.25. The van der Waals surface area contributed by atoms with E-state index in [1.165, 1.54) is 4.90 Å². The van der Waals surface area contributed by atoms with Crippen LogP contribution in [0.15, 0.2) is 30.9 Å². The molecule has 2 aliphatic rings. The first-order chi connectivity index (χ1) is 14.5. The van der Waals surface area contributed by atoms with E-state index < -0.39 is 24.0 Å². The van der Waals surface area contributed by atoms with Crippen LogP contribution in [-0.2, 0) is 9.59 Å². The number of hydrogen-bond donors (Lipinski definition) is 4. The highest BCUT2D eigenvalue weighted by Gasteiger charge is 2.33. The summed E-state index contributed by atoms with van der Waals surface area (Å²) in [4.78, 5) is 39.5. The van der Waals surface area contributed by atoms with E-state index >= 15 is 0 Å². The van der Waals surface area contributed by atoms with Crippen molar-refractivity contribution in [1.29, 1.82) is 0 Å². The number of carbonyl (C=O) groups excluding carboxylic acids is 2. The minimum Gasteiger partial charge on any atom is -0.380 e. The number of anilines is 1. The number of nitrogens with one attached hydrogen (secondary N) is 2. The van der Waals surface area contributed by atoms with Crippen molar-refractivity contribution >= 4 is 28.7 Å². The molecule has 2 aromatic heterocycles. The summed E-state index contributed by atoms with van der Waals surface area (Å²) in [6, 6.07) is 1.96. The van der Waals surface area contributed by atoms with Gasteiger partial charge in [0.1, 0.15) is 17.8 Å². The van der Waals surface area contributed by atoms with Crippen molar-refractivity contribution < 1.29 is 19.8 Å². The van der Waals surface area contributed by atoms with E-state index in [0.29, 0.717) is 19.5 Å². The Hall–Kier alpha value is -2.98. The third kappa shape index (κ3) is 4.14. The summed E-state index contributed by atoms with van der Waals surface area (Å²) >= 11 is 0. The first-order valence-corrected chi connectivity index (χ1v) is 10.2. The number of aromatic amines is 1. The van der Waals surface area contributed by atoms with Gasteiger partial charge in [0.25, 0.3) is 11.8 Å². The number of H-pyrrole nitrogens is 1. The second-order valence-corrected chi connectivity index (χ2v) is 7.71. The number of fused-ring (bicyclic) bond motifs is 1. The second kappa shape index (κ2) is 8.80. The van der Waals surface area contributed by atoms with E-state index in [4.69, 9.17) is 0 Å². The number of carbonyl (C=O) groups is 2. The van der Waals surface area contributed by atoms with Gasteiger partial charge in [-0.1, -0.05) is 6.08 Å². The van der Waals surface area contributed by atoms with Crippen LogP contribution in [0.5, 0.6) is 0 Å². The van der Waals surface area contributed by atoms with Crippen molar-refractivity contribution in [3.63, 3.8) is 0 Å². The summed E-state index contributed by atoms with van der Waals surface area (Å²) in [5.41, 5.74) is 0.806. The molecule has 0 aliphatic carbocycles. The molecule has 0 unspecified atom stereocenters. The van der Waals surface area contributed by atoms with Crippen LogP contribution in [0.2, 0.25) is 0 Å². The van der Waals surface area contributed by atoms with Crippen molar-refractivity contribution in [1.82, 2.24) is 25.2 Å². The molecule has 2 amide bonds. The van der Waals surface area contributed by atoms with E-state index in [2.05, 4.69) is 25.2 Å². The zero-order valence-electron chi connectivity index (χ0n) is 16.6. The number of rotatable bonds is 6. The Morgan fingerprint density at radius 3 is 2.73 bits per heavy atom. The molecule has 0 saturated carbocycles. The fourth-order valence-electron chi connectivity index (χ4n) is 3.93. The predicted molar refractivity (Wildman–Crippen MR) is 109 cm³/mol. The van der Waals surface area contributed by atoms with Crippen molar-refractivity contribution in [3.05, 3.63) is 30.9 Å². The average molecular weight is 414 g/mol. The maximum atomic E-state index is 12.2. The Morgan fingerprint density at radius 2 is 2.00 bits per heavy atom. The van der Waals surface area contributed by atoms with Gasteiger partial charge in [0.05, 0.1) is 5.39 Å². The van der Waals surface area contributed by atoms with Gasteiger partial charge >= 0.3 is 0 Å². The van der Waals surface area contributed by atoms with Crippen molar-refractivity contribution in [2.45, 2.75) is 31.5 Å². The van der Waals surface area contributed by atoms with Crippen LogP contribution in [0, 0.1) is 5.92 Å². The molecule has 10 nitrogen and oxygen atoms in total. The van der Waals surface area contributed by atoms with Crippen LogP contribution < -0.4 is 10.2 Å². The molecule has 30 heavy (non-hydrogen) atoms. The van der Waals surface area contributed by atoms with Gasteiger partial charge in [-0.2, -0.15) is 0 Å². The zero-order chi connectivity index (χ0) is 21.1. The highest BCUT2D eigenvalue weighted by molar-refractivity contribution is 5.91. The number of aliphatic hydroxyl groups is 2. The number of nitrogens with zero attached hydrogens (tertiary/aromatic N) is 4. The molecule has 2 aromatic rings. The summed E-state index contributed by atoms with van der Waals surface area (Å²) in [6.07, 6.45) is 5.60. The molecule has 4 heterocycles. The van der Waals surface area contributed by atoms with Gasteiger partial charge in [-0.3, -0.25) is 9.59 Å².